The first-order valence-corrected chi connectivity index (χ1v) is 7.16. The van der Waals surface area contributed by atoms with Crippen LogP contribution in [0.3, 0.4) is 0 Å². The van der Waals surface area contributed by atoms with Gasteiger partial charge in [-0.1, -0.05) is 13.8 Å². The van der Waals surface area contributed by atoms with Crippen LogP contribution in [0.1, 0.15) is 45.4 Å². The number of imidazole rings is 1. The van der Waals surface area contributed by atoms with E-state index in [0.717, 1.165) is 51.3 Å². The number of aryl methyl sites for hydroxylation is 1. The minimum absolute atomic E-state index is 0.719. The fourth-order valence-electron chi connectivity index (χ4n) is 2.82. The molecule has 4 nitrogen and oxygen atoms in total. The summed E-state index contributed by atoms with van der Waals surface area (Å²) in [5.74, 6) is 0.862. The Balaban J connectivity index is 2.06. The molecule has 1 aromatic heterocycles. The summed E-state index contributed by atoms with van der Waals surface area (Å²) >= 11 is 0. The van der Waals surface area contributed by atoms with E-state index in [0.29, 0.717) is 0 Å². The third-order valence-corrected chi connectivity index (χ3v) is 3.82. The molecule has 0 radical (unpaired) electrons. The molecular formula is C14H25N3O. The van der Waals surface area contributed by atoms with Gasteiger partial charge in [-0.15, -0.1) is 0 Å². The first-order chi connectivity index (χ1) is 8.69. The summed E-state index contributed by atoms with van der Waals surface area (Å²) in [5, 5.41) is 10.8. The van der Waals surface area contributed by atoms with Gasteiger partial charge in [-0.05, 0) is 32.2 Å². The standard InChI is InChI=1S/C14H25N3O/c1-3-8-16-10-5-14(18,6-11-16)13-15-7-12-17(13)9-4-2/h7,12,18H,3-6,8-11H2,1-2H3. The largest absolute Gasteiger partial charge is 0.382 e. The second-order valence-corrected chi connectivity index (χ2v) is 5.32. The maximum Gasteiger partial charge on any atom is 0.140 e. The van der Waals surface area contributed by atoms with Crippen LogP contribution in [0.4, 0.5) is 0 Å². The molecule has 1 aliphatic heterocycles. The Morgan fingerprint density at radius 3 is 2.50 bits per heavy atom. The summed E-state index contributed by atoms with van der Waals surface area (Å²) in [6.45, 7) is 8.38. The predicted molar refractivity (Wildman–Crippen MR) is 72.4 cm³/mol. The zero-order valence-electron chi connectivity index (χ0n) is 11.6. The van der Waals surface area contributed by atoms with E-state index in [1.807, 2.05) is 6.20 Å². The molecule has 0 aliphatic carbocycles. The molecule has 2 heterocycles. The summed E-state index contributed by atoms with van der Waals surface area (Å²) in [4.78, 5) is 6.83. The maximum atomic E-state index is 10.8. The molecule has 1 aliphatic rings. The fourth-order valence-corrected chi connectivity index (χ4v) is 2.82. The lowest BCUT2D eigenvalue weighted by Gasteiger charge is -2.37. The Labute approximate surface area is 110 Å². The van der Waals surface area contributed by atoms with Crippen LogP contribution in [-0.4, -0.2) is 39.2 Å². The lowest BCUT2D eigenvalue weighted by molar-refractivity contribution is -0.0353. The number of rotatable bonds is 5. The minimum atomic E-state index is -0.719. The van der Waals surface area contributed by atoms with Gasteiger partial charge in [0.15, 0.2) is 0 Å². The van der Waals surface area contributed by atoms with E-state index in [2.05, 4.69) is 28.3 Å². The first-order valence-electron chi connectivity index (χ1n) is 7.16. The van der Waals surface area contributed by atoms with Crippen LogP contribution in [0.5, 0.6) is 0 Å². The van der Waals surface area contributed by atoms with Crippen molar-refractivity contribution in [3.8, 4) is 0 Å². The molecule has 1 fully saturated rings. The molecule has 0 unspecified atom stereocenters. The van der Waals surface area contributed by atoms with Crippen LogP contribution in [0, 0.1) is 0 Å². The van der Waals surface area contributed by atoms with E-state index in [4.69, 9.17) is 0 Å². The highest BCUT2D eigenvalue weighted by atomic mass is 16.3. The van der Waals surface area contributed by atoms with Gasteiger partial charge in [0.1, 0.15) is 11.4 Å². The molecule has 18 heavy (non-hydrogen) atoms. The summed E-state index contributed by atoms with van der Waals surface area (Å²) in [5.41, 5.74) is -0.719. The molecule has 0 saturated carbocycles. The van der Waals surface area contributed by atoms with E-state index in [1.165, 1.54) is 6.42 Å². The molecule has 4 heteroatoms. The fraction of sp³-hybridized carbons (Fsp3) is 0.786. The van der Waals surface area contributed by atoms with Crippen molar-refractivity contribution < 1.29 is 5.11 Å². The second kappa shape index (κ2) is 5.85. The topological polar surface area (TPSA) is 41.3 Å². The number of aliphatic hydroxyl groups is 1. The summed E-state index contributed by atoms with van der Waals surface area (Å²) in [7, 11) is 0. The van der Waals surface area contributed by atoms with Crippen molar-refractivity contribution in [3.63, 3.8) is 0 Å². The Morgan fingerprint density at radius 1 is 1.22 bits per heavy atom. The van der Waals surface area contributed by atoms with Crippen molar-refractivity contribution in [2.24, 2.45) is 0 Å². The number of piperidine rings is 1. The Bertz CT molecular complexity index is 367. The smallest absolute Gasteiger partial charge is 0.140 e. The normalized spacial score (nSPS) is 20.2. The Kier molecular flexibility index (Phi) is 4.40. The number of likely N-dealkylation sites (tertiary alicyclic amines) is 1. The van der Waals surface area contributed by atoms with Crippen LogP contribution >= 0.6 is 0 Å². The molecule has 102 valence electrons. The highest BCUT2D eigenvalue weighted by Crippen LogP contribution is 2.31. The van der Waals surface area contributed by atoms with E-state index >= 15 is 0 Å². The van der Waals surface area contributed by atoms with E-state index < -0.39 is 5.60 Å². The van der Waals surface area contributed by atoms with Crippen molar-refractivity contribution in [2.75, 3.05) is 19.6 Å². The third-order valence-electron chi connectivity index (χ3n) is 3.82. The van der Waals surface area contributed by atoms with Gasteiger partial charge < -0.3 is 14.6 Å². The molecular weight excluding hydrogens is 226 g/mol. The molecule has 0 atom stereocenters. The molecule has 0 amide bonds. The van der Waals surface area contributed by atoms with Crippen molar-refractivity contribution in [2.45, 2.75) is 51.7 Å². The van der Waals surface area contributed by atoms with E-state index in [-0.39, 0.29) is 0 Å². The summed E-state index contributed by atoms with van der Waals surface area (Å²) < 4.78 is 2.11. The zero-order valence-corrected chi connectivity index (χ0v) is 11.6. The molecule has 0 aromatic carbocycles. The predicted octanol–water partition coefficient (Wildman–Crippen LogP) is 1.99. The maximum absolute atomic E-state index is 10.8. The summed E-state index contributed by atoms with van der Waals surface area (Å²) in [6.07, 6.45) is 7.64. The van der Waals surface area contributed by atoms with Gasteiger partial charge >= 0.3 is 0 Å². The Hall–Kier alpha value is -0.870. The number of aromatic nitrogens is 2. The third kappa shape index (κ3) is 2.75. The number of hydrogen-bond donors (Lipinski definition) is 1. The van der Waals surface area contributed by atoms with E-state index in [1.54, 1.807) is 6.20 Å². The van der Waals surface area contributed by atoms with Gasteiger partial charge in [-0.2, -0.15) is 0 Å². The minimum Gasteiger partial charge on any atom is -0.382 e. The van der Waals surface area contributed by atoms with Crippen molar-refractivity contribution in [1.82, 2.24) is 14.5 Å². The molecule has 2 rings (SSSR count). The molecule has 1 aromatic rings. The molecule has 1 N–H and O–H groups in total. The Morgan fingerprint density at radius 2 is 1.89 bits per heavy atom. The van der Waals surface area contributed by atoms with Crippen LogP contribution in [0.2, 0.25) is 0 Å². The van der Waals surface area contributed by atoms with Gasteiger partial charge in [0.25, 0.3) is 0 Å². The monoisotopic (exact) mass is 251 g/mol. The van der Waals surface area contributed by atoms with Crippen molar-refractivity contribution >= 4 is 0 Å². The number of hydrogen-bond acceptors (Lipinski definition) is 3. The van der Waals surface area contributed by atoms with Gasteiger partial charge in [0, 0.05) is 32.0 Å². The van der Waals surface area contributed by atoms with Crippen LogP contribution in [0.15, 0.2) is 12.4 Å². The lowest BCUT2D eigenvalue weighted by atomic mass is 9.90. The zero-order chi connectivity index (χ0) is 13.0. The number of nitrogens with zero attached hydrogens (tertiary/aromatic N) is 3. The first kappa shape index (κ1) is 13.6. The highest BCUT2D eigenvalue weighted by Gasteiger charge is 2.37. The SMILES string of the molecule is CCCN1CCC(O)(c2nccn2CCC)CC1. The molecule has 1 saturated heterocycles. The highest BCUT2D eigenvalue weighted by molar-refractivity contribution is 5.07. The quantitative estimate of drug-likeness (QED) is 0.870. The van der Waals surface area contributed by atoms with Crippen molar-refractivity contribution in [1.29, 1.82) is 0 Å². The average molecular weight is 251 g/mol. The van der Waals surface area contributed by atoms with Gasteiger partial charge in [-0.3, -0.25) is 0 Å². The van der Waals surface area contributed by atoms with Gasteiger partial charge in [-0.25, -0.2) is 4.98 Å². The summed E-state index contributed by atoms with van der Waals surface area (Å²) in [6, 6.07) is 0. The molecule has 0 spiro atoms. The molecule has 0 bridgehead atoms. The van der Waals surface area contributed by atoms with Crippen LogP contribution in [-0.2, 0) is 12.1 Å². The van der Waals surface area contributed by atoms with Gasteiger partial charge in [0.2, 0.25) is 0 Å². The lowest BCUT2D eigenvalue weighted by Crippen LogP contribution is -2.44. The van der Waals surface area contributed by atoms with Crippen LogP contribution in [0.25, 0.3) is 0 Å². The van der Waals surface area contributed by atoms with Gasteiger partial charge in [0.05, 0.1) is 0 Å². The van der Waals surface area contributed by atoms with Crippen LogP contribution < -0.4 is 0 Å². The average Bonchev–Trinajstić information content (AvgIpc) is 2.82. The van der Waals surface area contributed by atoms with E-state index in [9.17, 15) is 5.11 Å². The van der Waals surface area contributed by atoms with Crippen molar-refractivity contribution in [3.05, 3.63) is 18.2 Å². The second-order valence-electron chi connectivity index (χ2n) is 5.32.